The molecular weight excluding hydrogens is 944 g/mol. The zero-order valence-electron chi connectivity index (χ0n) is 58.1. The molecule has 7 aliphatic rings. The van der Waals surface area contributed by atoms with Gasteiger partial charge in [-0.3, -0.25) is 0 Å². The Bertz CT molecular complexity index is 1560. The second-order valence-electron chi connectivity index (χ2n) is 35.3. The van der Waals surface area contributed by atoms with Gasteiger partial charge in [-0.2, -0.15) is 0 Å². The van der Waals surface area contributed by atoms with Crippen LogP contribution in [-0.2, 0) is 32.6 Å². The minimum atomic E-state index is 0.0188. The van der Waals surface area contributed by atoms with Crippen molar-refractivity contribution in [1.29, 1.82) is 0 Å². The third-order valence-electron chi connectivity index (χ3n) is 18.1. The average molecular weight is 1080 g/mol. The molecule has 7 nitrogen and oxygen atoms in total. The summed E-state index contributed by atoms with van der Waals surface area (Å²) in [5, 5.41) is 2.26. The zero-order chi connectivity index (χ0) is 60.2. The van der Waals surface area contributed by atoms with E-state index < -0.39 is 0 Å². The first kappa shape index (κ1) is 75.2. The lowest BCUT2D eigenvalue weighted by Crippen LogP contribution is -2.39. The van der Waals surface area contributed by atoms with Crippen LogP contribution >= 0.6 is 0 Å². The molecule has 7 saturated heterocycles. The molecule has 0 amide bonds. The Morgan fingerprint density at radius 1 is 0.403 bits per heavy atom. The monoisotopic (exact) mass is 1080 g/mol. The summed E-state index contributed by atoms with van der Waals surface area (Å²) in [6.45, 7) is 79.3. The zero-order valence-corrected chi connectivity index (χ0v) is 58.1. The van der Waals surface area contributed by atoms with Crippen LogP contribution in [0.25, 0.3) is 0 Å². The maximum absolute atomic E-state index is 6.13. The standard InChI is InChI=1S/C11H23BO.2C10H21BO.C9H19BO.2C8H17BO.C7H15BO/c1-9(2,3)12-8-10(4,5)11(6,7)13-12;1-8-6-9(2)12-11(7-8)10(3,4)5;1-9(2,3)11-7-6-10(4,5)8-12-11;1-7-6-10(9(3,4)5)11-8(7)2;1-7-5-9(10-6-7)8(2,3)4;1-8(2,3)9-6-4-5-7-10-9;1-7(2,3)8-5-4-6-9-8/h8H2,1-7H3;8-9H,6-7H2,1-5H3;6-8H2,1-5H3;7-8H,6H2,1-5H3;7H,5-6H2,1-4H3;4-7H2,1-3H3;4-6H2,1-3H3. The molecule has 0 spiro atoms. The first-order chi connectivity index (χ1) is 34.4. The minimum absolute atomic E-state index is 0.0188. The summed E-state index contributed by atoms with van der Waals surface area (Å²) in [6.07, 6.45) is 15.9. The Balaban J connectivity index is 0.000000450. The highest BCUT2D eigenvalue weighted by Gasteiger charge is 2.53. The summed E-state index contributed by atoms with van der Waals surface area (Å²) in [7, 11) is 0. The summed E-state index contributed by atoms with van der Waals surface area (Å²) in [5.74, 6) is 2.33. The van der Waals surface area contributed by atoms with Crippen LogP contribution in [0.4, 0.5) is 0 Å². The lowest BCUT2D eigenvalue weighted by atomic mass is 9.43. The van der Waals surface area contributed by atoms with E-state index in [1.54, 1.807) is 0 Å². The molecule has 0 aromatic carbocycles. The summed E-state index contributed by atoms with van der Waals surface area (Å²) in [5.41, 5.74) is 0.720. The molecule has 7 aliphatic heterocycles. The second kappa shape index (κ2) is 30.3. The highest BCUT2D eigenvalue weighted by Crippen LogP contribution is 2.51. The van der Waals surface area contributed by atoms with E-state index in [1.807, 2.05) is 0 Å². The molecule has 0 radical (unpaired) electrons. The van der Waals surface area contributed by atoms with Crippen LogP contribution in [0.2, 0.25) is 81.4 Å². The van der Waals surface area contributed by atoms with Gasteiger partial charge in [0.05, 0.1) is 5.60 Å². The molecule has 77 heavy (non-hydrogen) atoms. The van der Waals surface area contributed by atoms with Crippen molar-refractivity contribution in [2.75, 3.05) is 26.4 Å². The third-order valence-corrected chi connectivity index (χ3v) is 18.1. The summed E-state index contributed by atoms with van der Waals surface area (Å²) >= 11 is 0. The van der Waals surface area contributed by atoms with Crippen LogP contribution < -0.4 is 0 Å². The van der Waals surface area contributed by atoms with Gasteiger partial charge in [0.25, 0.3) is 48.4 Å². The van der Waals surface area contributed by atoms with Gasteiger partial charge in [-0.05, 0) is 157 Å². The Hall–Kier alpha value is 0.175. The van der Waals surface area contributed by atoms with Crippen molar-refractivity contribution in [3.63, 3.8) is 0 Å². The van der Waals surface area contributed by atoms with E-state index in [4.69, 9.17) is 32.6 Å². The van der Waals surface area contributed by atoms with E-state index in [-0.39, 0.29) is 10.9 Å². The summed E-state index contributed by atoms with van der Waals surface area (Å²) < 4.78 is 40.5. The van der Waals surface area contributed by atoms with E-state index in [9.17, 15) is 0 Å². The van der Waals surface area contributed by atoms with Crippen LogP contribution in [0.3, 0.4) is 0 Å². The van der Waals surface area contributed by atoms with Gasteiger partial charge in [-0.15, -0.1) is 0 Å². The highest BCUT2D eigenvalue weighted by molar-refractivity contribution is 6.58. The molecule has 7 rings (SSSR count). The van der Waals surface area contributed by atoms with E-state index in [2.05, 4.69) is 222 Å². The number of hydrogen-bond acceptors (Lipinski definition) is 7. The Kier molecular flexibility index (Phi) is 29.6. The van der Waals surface area contributed by atoms with Gasteiger partial charge in [0.15, 0.2) is 0 Å². The molecule has 0 N–H and O–H groups in total. The van der Waals surface area contributed by atoms with Gasteiger partial charge in [0, 0.05) is 38.6 Å². The SMILES string of the molecule is CC(C)(C)B1CC(C)(C)C(C)(C)O1.CC(C)(C)B1CCCCO1.CC(C)(C)B1CCCO1.CC1(C)CCB(C(C)(C)C)OC1.CC1CB(C(C)(C)C)OC(C)C1.CC1CB(C(C)(C)C)OC1C.CC1COB(C(C)(C)C)C1. The maximum atomic E-state index is 6.13. The Morgan fingerprint density at radius 2 is 0.818 bits per heavy atom. The van der Waals surface area contributed by atoms with Crippen molar-refractivity contribution in [3.05, 3.63) is 0 Å². The van der Waals surface area contributed by atoms with Crippen LogP contribution in [0, 0.1) is 28.6 Å². The van der Waals surface area contributed by atoms with E-state index in [0.717, 1.165) is 44.2 Å². The fourth-order valence-corrected chi connectivity index (χ4v) is 11.0. The lowest BCUT2D eigenvalue weighted by molar-refractivity contribution is 0.0341. The molecule has 0 aromatic rings. The smallest absolute Gasteiger partial charge is 0.299 e. The fraction of sp³-hybridized carbons (Fsp3) is 1.00. The van der Waals surface area contributed by atoms with Crippen LogP contribution in [0.1, 0.15) is 254 Å². The molecule has 5 atom stereocenters. The van der Waals surface area contributed by atoms with Crippen LogP contribution in [0.15, 0.2) is 0 Å². The van der Waals surface area contributed by atoms with Gasteiger partial charge >= 0.3 is 0 Å². The van der Waals surface area contributed by atoms with Crippen molar-refractivity contribution in [2.24, 2.45) is 28.6 Å². The molecule has 448 valence electrons. The summed E-state index contributed by atoms with van der Waals surface area (Å²) in [6, 6.07) is 0. The summed E-state index contributed by atoms with van der Waals surface area (Å²) in [4.78, 5) is 0. The lowest BCUT2D eigenvalue weighted by Gasteiger charge is -2.38. The topological polar surface area (TPSA) is 64.6 Å². The van der Waals surface area contributed by atoms with Crippen molar-refractivity contribution < 1.29 is 32.6 Å². The first-order valence-electron chi connectivity index (χ1n) is 31.8. The molecule has 7 heterocycles. The molecule has 0 aromatic heterocycles. The second-order valence-corrected chi connectivity index (χ2v) is 35.3. The van der Waals surface area contributed by atoms with Gasteiger partial charge in [-0.1, -0.05) is 207 Å². The van der Waals surface area contributed by atoms with E-state index in [1.165, 1.54) is 76.3 Å². The molecule has 0 bridgehead atoms. The third kappa shape index (κ3) is 28.5. The molecule has 0 saturated carbocycles. The van der Waals surface area contributed by atoms with Gasteiger partial charge in [0.1, 0.15) is 0 Å². The molecule has 0 aliphatic carbocycles. The Morgan fingerprint density at radius 3 is 1.08 bits per heavy atom. The predicted molar refractivity (Wildman–Crippen MR) is 350 cm³/mol. The minimum Gasteiger partial charge on any atom is -0.435 e. The van der Waals surface area contributed by atoms with Gasteiger partial charge < -0.3 is 32.6 Å². The normalized spacial score (nSPS) is 26.8. The average Bonchev–Trinajstić information content (AvgIpc) is 4.06. The quantitative estimate of drug-likeness (QED) is 0.224. The van der Waals surface area contributed by atoms with Crippen LogP contribution in [-0.4, -0.2) is 92.6 Å². The first-order valence-corrected chi connectivity index (χ1v) is 31.8. The Labute approximate surface area is 486 Å². The predicted octanol–water partition coefficient (Wildman–Crippen LogP) is 20.1. The van der Waals surface area contributed by atoms with E-state index >= 15 is 0 Å². The van der Waals surface area contributed by atoms with Gasteiger partial charge in [-0.25, -0.2) is 0 Å². The molecule has 7 fully saturated rings. The van der Waals surface area contributed by atoms with Crippen molar-refractivity contribution in [3.8, 4) is 0 Å². The molecular formula is C63H133B7O7. The van der Waals surface area contributed by atoms with Crippen molar-refractivity contribution in [2.45, 2.75) is 353 Å². The van der Waals surface area contributed by atoms with Gasteiger partial charge in [0.2, 0.25) is 0 Å². The van der Waals surface area contributed by atoms with Crippen LogP contribution in [0.5, 0.6) is 0 Å². The number of hydrogen-bond donors (Lipinski definition) is 0. The fourth-order valence-electron chi connectivity index (χ4n) is 11.0. The van der Waals surface area contributed by atoms with Crippen molar-refractivity contribution in [1.82, 2.24) is 0 Å². The number of rotatable bonds is 0. The van der Waals surface area contributed by atoms with Crippen molar-refractivity contribution >= 4 is 48.4 Å². The van der Waals surface area contributed by atoms with E-state index in [0.29, 0.717) is 103 Å². The highest BCUT2D eigenvalue weighted by atomic mass is 16.5. The molecule has 5 unspecified atom stereocenters. The molecule has 14 heteroatoms. The maximum Gasteiger partial charge on any atom is 0.299 e. The largest absolute Gasteiger partial charge is 0.435 e.